The third kappa shape index (κ3) is 3.83. The van der Waals surface area contributed by atoms with Crippen LogP contribution in [0.4, 0.5) is 0 Å². The van der Waals surface area contributed by atoms with E-state index in [1.807, 2.05) is 0 Å². The average molecular weight is 245 g/mol. The molecule has 0 aliphatic rings. The van der Waals surface area contributed by atoms with Crippen LogP contribution in [0.15, 0.2) is 33.6 Å². The van der Waals surface area contributed by atoms with Gasteiger partial charge in [0.25, 0.3) is 0 Å². The molecule has 0 heterocycles. The van der Waals surface area contributed by atoms with Gasteiger partial charge in [0.05, 0.1) is 4.90 Å². The van der Waals surface area contributed by atoms with Gasteiger partial charge in [0, 0.05) is 4.47 Å². The Labute approximate surface area is 98.1 Å². The molecular formula is C6H6BrNaO2S. The molecule has 0 aromatic heterocycles. The summed E-state index contributed by atoms with van der Waals surface area (Å²) in [5.41, 5.74) is 0. The first-order valence-corrected chi connectivity index (χ1v) is 4.46. The van der Waals surface area contributed by atoms with Gasteiger partial charge in [-0.05, 0) is 24.3 Å². The van der Waals surface area contributed by atoms with Gasteiger partial charge in [0.1, 0.15) is 0 Å². The van der Waals surface area contributed by atoms with Crippen molar-refractivity contribution in [2.24, 2.45) is 0 Å². The van der Waals surface area contributed by atoms with E-state index in [9.17, 15) is 4.21 Å². The molecule has 56 valence electrons. The standard InChI is InChI=1S/C6H5BrO2S.Na.H/c7-5-1-3-6(4-2-5)10(8)9;;/h1-4H,(H,8,9);;. The first-order valence-electron chi connectivity index (χ1n) is 2.56. The minimum atomic E-state index is -1.86. The van der Waals surface area contributed by atoms with Gasteiger partial charge in [-0.1, -0.05) is 15.9 Å². The van der Waals surface area contributed by atoms with Gasteiger partial charge < -0.3 is 4.55 Å². The first-order chi connectivity index (χ1) is 4.70. The SMILES string of the molecule is O=S(O)c1ccc(Br)cc1.[NaH]. The molecule has 1 atom stereocenters. The second kappa shape index (κ2) is 5.45. The summed E-state index contributed by atoms with van der Waals surface area (Å²) in [4.78, 5) is 0.420. The normalized spacial score (nSPS) is 11.8. The fraction of sp³-hybridized carbons (Fsp3) is 0. The van der Waals surface area contributed by atoms with Crippen molar-refractivity contribution in [2.75, 3.05) is 0 Å². The number of halogens is 1. The molecule has 0 saturated heterocycles. The van der Waals surface area contributed by atoms with Crippen molar-refractivity contribution in [1.82, 2.24) is 0 Å². The van der Waals surface area contributed by atoms with Crippen LogP contribution in [0.5, 0.6) is 0 Å². The fourth-order valence-corrected chi connectivity index (χ4v) is 1.18. The second-order valence-corrected chi connectivity index (χ2v) is 3.59. The monoisotopic (exact) mass is 244 g/mol. The van der Waals surface area contributed by atoms with Crippen LogP contribution >= 0.6 is 15.9 Å². The molecule has 1 N–H and O–H groups in total. The zero-order valence-corrected chi connectivity index (χ0v) is 7.35. The minimum absolute atomic E-state index is 0. The molecule has 1 unspecified atom stereocenters. The van der Waals surface area contributed by atoms with Gasteiger partial charge in [-0.2, -0.15) is 0 Å². The van der Waals surface area contributed by atoms with E-state index in [-0.39, 0.29) is 29.6 Å². The van der Waals surface area contributed by atoms with Gasteiger partial charge in [-0.25, -0.2) is 4.21 Å². The van der Waals surface area contributed by atoms with Crippen molar-refractivity contribution in [3.63, 3.8) is 0 Å². The predicted molar refractivity (Wildman–Crippen MR) is 50.3 cm³/mol. The van der Waals surface area contributed by atoms with E-state index in [0.29, 0.717) is 4.90 Å². The van der Waals surface area contributed by atoms with Crippen LogP contribution in [-0.2, 0) is 11.1 Å². The molecule has 0 amide bonds. The number of rotatable bonds is 1. The van der Waals surface area contributed by atoms with Crippen LogP contribution in [0.25, 0.3) is 0 Å². The molecule has 2 nitrogen and oxygen atoms in total. The molecule has 11 heavy (non-hydrogen) atoms. The Balaban J connectivity index is 0.000001000. The topological polar surface area (TPSA) is 37.3 Å². The summed E-state index contributed by atoms with van der Waals surface area (Å²) in [5.74, 6) is 0. The van der Waals surface area contributed by atoms with Crippen molar-refractivity contribution in [3.8, 4) is 0 Å². The molecule has 0 aliphatic heterocycles. The van der Waals surface area contributed by atoms with Gasteiger partial charge in [0.15, 0.2) is 11.1 Å². The van der Waals surface area contributed by atoms with Crippen molar-refractivity contribution in [1.29, 1.82) is 0 Å². The van der Waals surface area contributed by atoms with E-state index in [1.54, 1.807) is 24.3 Å². The Morgan fingerprint density at radius 3 is 2.09 bits per heavy atom. The van der Waals surface area contributed by atoms with Gasteiger partial charge in [-0.15, -0.1) is 0 Å². The average Bonchev–Trinajstić information content (AvgIpc) is 1.88. The molecule has 0 fully saturated rings. The third-order valence-electron chi connectivity index (χ3n) is 1.02. The Morgan fingerprint density at radius 1 is 1.27 bits per heavy atom. The maximum absolute atomic E-state index is 10.4. The van der Waals surface area contributed by atoms with Crippen LogP contribution in [0.1, 0.15) is 0 Å². The van der Waals surface area contributed by atoms with Crippen LogP contribution < -0.4 is 0 Å². The Kier molecular flexibility index (Phi) is 5.86. The van der Waals surface area contributed by atoms with E-state index in [1.165, 1.54) is 0 Å². The Bertz CT molecular complexity index is 249. The molecule has 0 bridgehead atoms. The predicted octanol–water partition coefficient (Wildman–Crippen LogP) is 1.38. The number of benzene rings is 1. The summed E-state index contributed by atoms with van der Waals surface area (Å²) in [6.07, 6.45) is 0. The molecule has 5 heteroatoms. The summed E-state index contributed by atoms with van der Waals surface area (Å²) in [6.45, 7) is 0. The summed E-state index contributed by atoms with van der Waals surface area (Å²) in [7, 11) is 0. The summed E-state index contributed by atoms with van der Waals surface area (Å²) in [6, 6.07) is 6.65. The van der Waals surface area contributed by atoms with E-state index in [4.69, 9.17) is 4.55 Å². The number of hydrogen-bond donors (Lipinski definition) is 1. The van der Waals surface area contributed by atoms with Gasteiger partial charge >= 0.3 is 29.6 Å². The second-order valence-electron chi connectivity index (χ2n) is 1.70. The molecule has 1 aromatic carbocycles. The fourth-order valence-electron chi connectivity index (χ4n) is 0.551. The first kappa shape index (κ1) is 11.8. The Hall–Kier alpha value is 0.810. The Morgan fingerprint density at radius 2 is 1.73 bits per heavy atom. The van der Waals surface area contributed by atoms with Crippen molar-refractivity contribution >= 4 is 56.6 Å². The molecule has 0 spiro atoms. The summed E-state index contributed by atoms with van der Waals surface area (Å²) in [5, 5.41) is 0. The quantitative estimate of drug-likeness (QED) is 0.599. The van der Waals surface area contributed by atoms with Crippen LogP contribution in [-0.4, -0.2) is 38.3 Å². The van der Waals surface area contributed by atoms with E-state index >= 15 is 0 Å². The van der Waals surface area contributed by atoms with Gasteiger partial charge in [0.2, 0.25) is 0 Å². The van der Waals surface area contributed by atoms with Crippen LogP contribution in [0.2, 0.25) is 0 Å². The van der Waals surface area contributed by atoms with Crippen molar-refractivity contribution in [2.45, 2.75) is 4.90 Å². The molecule has 0 saturated carbocycles. The van der Waals surface area contributed by atoms with Crippen LogP contribution in [0, 0.1) is 0 Å². The maximum atomic E-state index is 10.4. The third-order valence-corrected chi connectivity index (χ3v) is 2.22. The zero-order chi connectivity index (χ0) is 7.56. The zero-order valence-electron chi connectivity index (χ0n) is 4.95. The van der Waals surface area contributed by atoms with Gasteiger partial charge in [-0.3, -0.25) is 0 Å². The number of hydrogen-bond acceptors (Lipinski definition) is 1. The summed E-state index contributed by atoms with van der Waals surface area (Å²) >= 11 is 1.36. The van der Waals surface area contributed by atoms with Crippen LogP contribution in [0.3, 0.4) is 0 Å². The van der Waals surface area contributed by atoms with E-state index in [0.717, 1.165) is 4.47 Å². The molecule has 1 aromatic rings. The molecule has 1 rings (SSSR count). The summed E-state index contributed by atoms with van der Waals surface area (Å²) < 4.78 is 19.9. The van der Waals surface area contributed by atoms with E-state index in [2.05, 4.69) is 15.9 Å². The van der Waals surface area contributed by atoms with E-state index < -0.39 is 11.1 Å². The molecular weight excluding hydrogens is 239 g/mol. The van der Waals surface area contributed by atoms with Crippen molar-refractivity contribution < 1.29 is 8.76 Å². The molecule has 0 aliphatic carbocycles. The van der Waals surface area contributed by atoms with Crippen molar-refractivity contribution in [3.05, 3.63) is 28.7 Å². The molecule has 0 radical (unpaired) electrons.